The second-order valence-corrected chi connectivity index (χ2v) is 5.47. The van der Waals surface area contributed by atoms with Gasteiger partial charge in [-0.25, -0.2) is 9.18 Å². The number of amides is 2. The van der Waals surface area contributed by atoms with Crippen LogP contribution in [0.25, 0.3) is 0 Å². The summed E-state index contributed by atoms with van der Waals surface area (Å²) in [6, 6.07) is -0.677. The van der Waals surface area contributed by atoms with Crippen molar-refractivity contribution in [3.8, 4) is 0 Å². The van der Waals surface area contributed by atoms with Crippen LogP contribution < -0.4 is 10.6 Å². The van der Waals surface area contributed by atoms with E-state index < -0.39 is 5.83 Å². The van der Waals surface area contributed by atoms with Crippen LogP contribution in [0.5, 0.6) is 0 Å². The highest BCUT2D eigenvalue weighted by Crippen LogP contribution is 2.33. The van der Waals surface area contributed by atoms with E-state index in [4.69, 9.17) is 11.6 Å². The van der Waals surface area contributed by atoms with Gasteiger partial charge in [0.2, 0.25) is 0 Å². The molecule has 3 nitrogen and oxygen atoms in total. The number of rotatable bonds is 5. The van der Waals surface area contributed by atoms with Crippen molar-refractivity contribution >= 4 is 17.6 Å². The zero-order chi connectivity index (χ0) is 14.4. The van der Waals surface area contributed by atoms with Crippen molar-refractivity contribution < 1.29 is 9.18 Å². The molecule has 1 atom stereocenters. The molecular weight excluding hydrogens is 267 g/mol. The first-order valence-electron chi connectivity index (χ1n) is 6.72. The standard InChI is InChI=1S/C14H22ClFN2O/c1-4-17-14(19)18-13(11-7-5-6-8-11)9(2)12(16)10(3)15/h11,13H,2,4-8H2,1,3H3,(H2,17,18,19)/b12-10-. The van der Waals surface area contributed by atoms with Crippen molar-refractivity contribution in [3.05, 3.63) is 23.0 Å². The van der Waals surface area contributed by atoms with Gasteiger partial charge in [0, 0.05) is 12.1 Å². The van der Waals surface area contributed by atoms with Crippen molar-refractivity contribution in [2.75, 3.05) is 6.54 Å². The zero-order valence-electron chi connectivity index (χ0n) is 11.6. The van der Waals surface area contributed by atoms with Crippen LogP contribution in [0.1, 0.15) is 39.5 Å². The average molecular weight is 289 g/mol. The molecule has 1 aliphatic carbocycles. The molecule has 0 bridgehead atoms. The summed E-state index contributed by atoms with van der Waals surface area (Å²) in [5.74, 6) is -0.285. The molecule has 19 heavy (non-hydrogen) atoms. The number of hydrogen-bond acceptors (Lipinski definition) is 1. The molecular formula is C14H22ClFN2O. The third kappa shape index (κ3) is 4.53. The Morgan fingerprint density at radius 3 is 2.53 bits per heavy atom. The summed E-state index contributed by atoms with van der Waals surface area (Å²) in [7, 11) is 0. The normalized spacial score (nSPS) is 18.7. The van der Waals surface area contributed by atoms with Gasteiger partial charge in [0.05, 0.1) is 11.1 Å². The van der Waals surface area contributed by atoms with E-state index in [0.717, 1.165) is 25.7 Å². The summed E-state index contributed by atoms with van der Waals surface area (Å²) < 4.78 is 13.9. The lowest BCUT2D eigenvalue weighted by Crippen LogP contribution is -2.46. The Morgan fingerprint density at radius 1 is 1.47 bits per heavy atom. The van der Waals surface area contributed by atoms with Gasteiger partial charge in [0.1, 0.15) is 5.83 Å². The molecule has 0 radical (unpaired) electrons. The van der Waals surface area contributed by atoms with E-state index in [-0.39, 0.29) is 28.6 Å². The monoisotopic (exact) mass is 288 g/mol. The molecule has 1 saturated carbocycles. The quantitative estimate of drug-likeness (QED) is 0.741. The van der Waals surface area contributed by atoms with Crippen LogP contribution in [0.2, 0.25) is 0 Å². The third-order valence-electron chi connectivity index (χ3n) is 3.45. The van der Waals surface area contributed by atoms with Gasteiger partial charge < -0.3 is 10.6 Å². The van der Waals surface area contributed by atoms with Gasteiger partial charge in [0.15, 0.2) is 0 Å². The Balaban J connectivity index is 2.82. The number of carbonyl (C=O) groups is 1. The fraction of sp³-hybridized carbons (Fsp3) is 0.643. The molecule has 1 rings (SSSR count). The Hall–Kier alpha value is -1.03. The fourth-order valence-electron chi connectivity index (χ4n) is 2.49. The van der Waals surface area contributed by atoms with E-state index in [1.807, 2.05) is 6.92 Å². The minimum absolute atomic E-state index is 0.0747. The number of allylic oxidation sites excluding steroid dienone is 1. The van der Waals surface area contributed by atoms with Crippen LogP contribution in [0.15, 0.2) is 23.0 Å². The molecule has 108 valence electrons. The van der Waals surface area contributed by atoms with Crippen LogP contribution in [-0.4, -0.2) is 18.6 Å². The number of halogens is 2. The lowest BCUT2D eigenvalue weighted by molar-refractivity contribution is 0.234. The van der Waals surface area contributed by atoms with Crippen molar-refractivity contribution in [2.45, 2.75) is 45.6 Å². The Labute approximate surface area is 119 Å². The van der Waals surface area contributed by atoms with Gasteiger partial charge in [-0.2, -0.15) is 0 Å². The van der Waals surface area contributed by atoms with Crippen LogP contribution in [0.3, 0.4) is 0 Å². The summed E-state index contributed by atoms with van der Waals surface area (Å²) in [6.07, 6.45) is 4.17. The second kappa shape index (κ2) is 7.53. The summed E-state index contributed by atoms with van der Waals surface area (Å²) in [4.78, 5) is 11.7. The van der Waals surface area contributed by atoms with Crippen LogP contribution >= 0.6 is 11.6 Å². The minimum atomic E-state index is -0.518. The minimum Gasteiger partial charge on any atom is -0.338 e. The lowest BCUT2D eigenvalue weighted by Gasteiger charge is -2.26. The van der Waals surface area contributed by atoms with E-state index in [9.17, 15) is 9.18 Å². The first kappa shape index (κ1) is 16.0. The molecule has 0 aromatic rings. The van der Waals surface area contributed by atoms with Crippen molar-refractivity contribution in [2.24, 2.45) is 5.92 Å². The molecule has 2 amide bonds. The molecule has 0 aromatic heterocycles. The highest BCUT2D eigenvalue weighted by molar-refractivity contribution is 6.29. The van der Waals surface area contributed by atoms with Crippen LogP contribution in [0, 0.1) is 5.92 Å². The molecule has 1 fully saturated rings. The number of urea groups is 1. The van der Waals surface area contributed by atoms with Crippen molar-refractivity contribution in [1.29, 1.82) is 0 Å². The predicted octanol–water partition coefficient (Wildman–Crippen LogP) is 3.86. The first-order valence-corrected chi connectivity index (χ1v) is 7.10. The molecule has 0 saturated heterocycles. The summed E-state index contributed by atoms with van der Waals surface area (Å²) >= 11 is 5.69. The maximum absolute atomic E-state index is 13.9. The first-order chi connectivity index (χ1) is 8.97. The van der Waals surface area contributed by atoms with Gasteiger partial charge in [-0.15, -0.1) is 0 Å². The summed E-state index contributed by atoms with van der Waals surface area (Å²) in [5.41, 5.74) is 0.269. The van der Waals surface area contributed by atoms with E-state index in [2.05, 4.69) is 17.2 Å². The van der Waals surface area contributed by atoms with Gasteiger partial charge >= 0.3 is 6.03 Å². The lowest BCUT2D eigenvalue weighted by atomic mass is 9.91. The molecule has 1 aliphatic rings. The SMILES string of the molecule is C=C(/C(F)=C(\C)Cl)C(NC(=O)NCC)C1CCCC1. The van der Waals surface area contributed by atoms with Gasteiger partial charge in [-0.1, -0.05) is 31.0 Å². The largest absolute Gasteiger partial charge is 0.338 e. The third-order valence-corrected chi connectivity index (χ3v) is 3.62. The van der Waals surface area contributed by atoms with E-state index in [1.54, 1.807) is 0 Å². The summed E-state index contributed by atoms with van der Waals surface area (Å²) in [5, 5.41) is 5.55. The number of nitrogens with one attached hydrogen (secondary N) is 2. The molecule has 0 heterocycles. The highest BCUT2D eigenvalue weighted by atomic mass is 35.5. The topological polar surface area (TPSA) is 41.1 Å². The maximum atomic E-state index is 13.9. The molecule has 2 N–H and O–H groups in total. The predicted molar refractivity (Wildman–Crippen MR) is 76.8 cm³/mol. The Morgan fingerprint density at radius 2 is 2.05 bits per heavy atom. The molecule has 0 aromatic carbocycles. The number of carbonyl (C=O) groups excluding carboxylic acids is 1. The molecule has 5 heteroatoms. The Kier molecular flexibility index (Phi) is 6.35. The van der Waals surface area contributed by atoms with E-state index in [0.29, 0.717) is 6.54 Å². The van der Waals surface area contributed by atoms with E-state index >= 15 is 0 Å². The second-order valence-electron chi connectivity index (χ2n) is 4.90. The van der Waals surface area contributed by atoms with Crippen LogP contribution in [0.4, 0.5) is 9.18 Å². The molecule has 0 spiro atoms. The van der Waals surface area contributed by atoms with Gasteiger partial charge in [-0.05, 0) is 32.6 Å². The van der Waals surface area contributed by atoms with Crippen LogP contribution in [-0.2, 0) is 0 Å². The Bertz CT molecular complexity index is 372. The highest BCUT2D eigenvalue weighted by Gasteiger charge is 2.30. The smallest absolute Gasteiger partial charge is 0.315 e. The molecule has 1 unspecified atom stereocenters. The maximum Gasteiger partial charge on any atom is 0.315 e. The van der Waals surface area contributed by atoms with Crippen molar-refractivity contribution in [1.82, 2.24) is 10.6 Å². The number of hydrogen-bond donors (Lipinski definition) is 2. The zero-order valence-corrected chi connectivity index (χ0v) is 12.3. The average Bonchev–Trinajstić information content (AvgIpc) is 2.88. The molecule has 0 aliphatic heterocycles. The summed E-state index contributed by atoms with van der Waals surface area (Å²) in [6.45, 7) is 7.63. The fourth-order valence-corrected chi connectivity index (χ4v) is 2.61. The van der Waals surface area contributed by atoms with Gasteiger partial charge in [-0.3, -0.25) is 0 Å². The van der Waals surface area contributed by atoms with E-state index in [1.165, 1.54) is 6.92 Å². The van der Waals surface area contributed by atoms with Crippen molar-refractivity contribution in [3.63, 3.8) is 0 Å². The van der Waals surface area contributed by atoms with Gasteiger partial charge in [0.25, 0.3) is 0 Å².